The van der Waals surface area contributed by atoms with Gasteiger partial charge in [-0.05, 0) is 63.5 Å². The molecule has 2 heterocycles. The quantitative estimate of drug-likeness (QED) is 0.256. The van der Waals surface area contributed by atoms with Crippen LogP contribution in [-0.4, -0.2) is 51.3 Å². The third-order valence-corrected chi connectivity index (χ3v) is 5.45. The summed E-state index contributed by atoms with van der Waals surface area (Å²) in [7, 11) is 3.99. The minimum absolute atomic E-state index is 0.0650. The number of aromatic nitrogens is 4. The van der Waals surface area contributed by atoms with Crippen molar-refractivity contribution in [2.45, 2.75) is 19.1 Å². The second-order valence-electron chi connectivity index (χ2n) is 8.79. The molecule has 0 aliphatic rings. The van der Waals surface area contributed by atoms with E-state index in [0.29, 0.717) is 23.8 Å². The lowest BCUT2D eigenvalue weighted by Gasteiger charge is -2.12. The Bertz CT molecular complexity index is 1440. The summed E-state index contributed by atoms with van der Waals surface area (Å²) in [5.74, 6) is -0.0173. The molecule has 0 unspecified atom stereocenters. The van der Waals surface area contributed by atoms with Gasteiger partial charge in [-0.25, -0.2) is 9.18 Å². The van der Waals surface area contributed by atoms with E-state index in [1.54, 1.807) is 18.5 Å². The lowest BCUT2D eigenvalue weighted by molar-refractivity contribution is -0.137. The van der Waals surface area contributed by atoms with Crippen molar-refractivity contribution < 1.29 is 27.1 Å². The summed E-state index contributed by atoms with van der Waals surface area (Å²) in [6.07, 6.45) is -0.533. The average molecular weight is 544 g/mol. The van der Waals surface area contributed by atoms with E-state index < -0.39 is 23.6 Å². The van der Waals surface area contributed by atoms with Crippen LogP contribution >= 0.6 is 0 Å². The molecule has 0 aliphatic carbocycles. The van der Waals surface area contributed by atoms with Gasteiger partial charge in [0.1, 0.15) is 17.8 Å². The largest absolute Gasteiger partial charge is 0.454 e. The van der Waals surface area contributed by atoms with E-state index in [0.717, 1.165) is 31.2 Å². The molecule has 0 aliphatic heterocycles. The summed E-state index contributed by atoms with van der Waals surface area (Å²) in [6, 6.07) is 10.2. The number of rotatable bonds is 9. The molecule has 4 aromatic rings. The van der Waals surface area contributed by atoms with E-state index in [2.05, 4.69) is 30.7 Å². The summed E-state index contributed by atoms with van der Waals surface area (Å²) >= 11 is 0. The van der Waals surface area contributed by atoms with E-state index in [-0.39, 0.29) is 17.1 Å². The molecule has 39 heavy (non-hydrogen) atoms. The maximum atomic E-state index is 14.8. The molecule has 13 heteroatoms. The maximum absolute atomic E-state index is 14.8. The van der Waals surface area contributed by atoms with E-state index in [4.69, 9.17) is 4.74 Å². The highest BCUT2D eigenvalue weighted by atomic mass is 19.4. The molecule has 204 valence electrons. The molecule has 2 aromatic carbocycles. The zero-order chi connectivity index (χ0) is 28.0. The van der Waals surface area contributed by atoms with Crippen LogP contribution in [-0.2, 0) is 12.7 Å². The molecule has 0 fully saturated rings. The number of aryl methyl sites for hydroxylation is 1. The van der Waals surface area contributed by atoms with Gasteiger partial charge in [-0.1, -0.05) is 6.07 Å². The van der Waals surface area contributed by atoms with Gasteiger partial charge < -0.3 is 24.8 Å². The van der Waals surface area contributed by atoms with E-state index >= 15 is 0 Å². The summed E-state index contributed by atoms with van der Waals surface area (Å²) in [6.45, 7) is 1.59. The van der Waals surface area contributed by atoms with Gasteiger partial charge >= 0.3 is 12.2 Å². The number of nitrogens with one attached hydrogen (secondary N) is 2. The van der Waals surface area contributed by atoms with Crippen molar-refractivity contribution in [1.82, 2.24) is 24.6 Å². The van der Waals surface area contributed by atoms with Crippen LogP contribution in [0.25, 0.3) is 11.5 Å². The van der Waals surface area contributed by atoms with Gasteiger partial charge in [0.15, 0.2) is 17.4 Å². The zero-order valence-corrected chi connectivity index (χ0v) is 21.0. The average Bonchev–Trinajstić information content (AvgIpc) is 3.34. The molecule has 0 saturated heterocycles. The van der Waals surface area contributed by atoms with E-state index in [1.165, 1.54) is 30.5 Å². The van der Waals surface area contributed by atoms with Crippen LogP contribution < -0.4 is 15.4 Å². The van der Waals surface area contributed by atoms with Crippen LogP contribution in [0.5, 0.6) is 11.5 Å². The van der Waals surface area contributed by atoms with Gasteiger partial charge in [-0.2, -0.15) is 13.2 Å². The highest BCUT2D eigenvalue weighted by Crippen LogP contribution is 2.31. The van der Waals surface area contributed by atoms with Gasteiger partial charge in [0.25, 0.3) is 0 Å². The highest BCUT2D eigenvalue weighted by Gasteiger charge is 2.30. The van der Waals surface area contributed by atoms with Crippen molar-refractivity contribution in [3.63, 3.8) is 0 Å². The monoisotopic (exact) mass is 543 g/mol. The second kappa shape index (κ2) is 11.9. The fraction of sp³-hybridized carbons (Fsp3) is 0.231. The number of carbonyl (C=O) groups is 1. The Morgan fingerprint density at radius 1 is 1.05 bits per heavy atom. The van der Waals surface area contributed by atoms with Crippen LogP contribution in [0.3, 0.4) is 0 Å². The summed E-state index contributed by atoms with van der Waals surface area (Å²) in [5.41, 5.74) is -0.396. The first-order chi connectivity index (χ1) is 18.6. The van der Waals surface area contributed by atoms with Crippen molar-refractivity contribution in [3.8, 4) is 23.0 Å². The topological polar surface area (TPSA) is 97.2 Å². The predicted octanol–water partition coefficient (Wildman–Crippen LogP) is 5.89. The SMILES string of the molecule is CN(C)CCCn1cnnc1-c1cc(Oc2ccc(NC(=O)Nc3cccc(C(F)(F)F)c3)cc2F)ccn1. The van der Waals surface area contributed by atoms with Gasteiger partial charge in [0, 0.05) is 36.2 Å². The first kappa shape index (κ1) is 27.5. The first-order valence-electron chi connectivity index (χ1n) is 11.8. The van der Waals surface area contributed by atoms with Crippen molar-refractivity contribution >= 4 is 17.4 Å². The van der Waals surface area contributed by atoms with Crippen LogP contribution in [0.15, 0.2) is 67.1 Å². The minimum Gasteiger partial charge on any atom is -0.454 e. The van der Waals surface area contributed by atoms with Crippen molar-refractivity contribution in [2.75, 3.05) is 31.3 Å². The minimum atomic E-state index is -4.55. The Balaban J connectivity index is 1.40. The molecular formula is C26H25F4N7O2. The Labute approximate surface area is 221 Å². The normalized spacial score (nSPS) is 11.5. The molecule has 9 nitrogen and oxygen atoms in total. The molecule has 0 bridgehead atoms. The van der Waals surface area contributed by atoms with Gasteiger partial charge in [0.2, 0.25) is 0 Å². The Kier molecular flexibility index (Phi) is 8.39. The number of amides is 2. The summed E-state index contributed by atoms with van der Waals surface area (Å²) in [4.78, 5) is 18.6. The van der Waals surface area contributed by atoms with Crippen molar-refractivity contribution in [2.24, 2.45) is 0 Å². The van der Waals surface area contributed by atoms with Crippen LogP contribution in [0.2, 0.25) is 0 Å². The van der Waals surface area contributed by atoms with Crippen molar-refractivity contribution in [1.29, 1.82) is 0 Å². The number of carbonyl (C=O) groups excluding carboxylic acids is 1. The third kappa shape index (κ3) is 7.51. The number of hydrogen-bond acceptors (Lipinski definition) is 6. The Morgan fingerprint density at radius 2 is 1.82 bits per heavy atom. The Morgan fingerprint density at radius 3 is 2.54 bits per heavy atom. The molecule has 2 aromatic heterocycles. The van der Waals surface area contributed by atoms with Crippen LogP contribution in [0, 0.1) is 5.82 Å². The smallest absolute Gasteiger partial charge is 0.416 e. The fourth-order valence-corrected chi connectivity index (χ4v) is 3.63. The molecule has 2 amide bonds. The number of pyridine rings is 1. The highest BCUT2D eigenvalue weighted by molar-refractivity contribution is 5.99. The van der Waals surface area contributed by atoms with E-state index in [9.17, 15) is 22.4 Å². The van der Waals surface area contributed by atoms with Gasteiger partial charge in [-0.3, -0.25) is 4.98 Å². The van der Waals surface area contributed by atoms with Crippen molar-refractivity contribution in [3.05, 3.63) is 78.5 Å². The van der Waals surface area contributed by atoms with Crippen LogP contribution in [0.1, 0.15) is 12.0 Å². The van der Waals surface area contributed by atoms with E-state index in [1.807, 2.05) is 18.7 Å². The lowest BCUT2D eigenvalue weighted by Crippen LogP contribution is -2.20. The number of alkyl halides is 3. The molecule has 0 spiro atoms. The first-order valence-corrected chi connectivity index (χ1v) is 11.8. The maximum Gasteiger partial charge on any atom is 0.416 e. The molecule has 2 N–H and O–H groups in total. The lowest BCUT2D eigenvalue weighted by atomic mass is 10.2. The summed E-state index contributed by atoms with van der Waals surface area (Å²) < 4.78 is 61.0. The van der Waals surface area contributed by atoms with Crippen LogP contribution in [0.4, 0.5) is 33.7 Å². The number of anilines is 2. The second-order valence-corrected chi connectivity index (χ2v) is 8.79. The standard InChI is InChI=1S/C26H25F4N7O2/c1-36(2)11-4-12-37-16-32-35-24(37)22-15-20(9-10-31-22)39-23-8-7-19(14-21(23)27)34-25(38)33-18-6-3-5-17(13-18)26(28,29)30/h3,5-10,13-16H,4,11-12H2,1-2H3,(H2,33,34,38). The number of hydrogen-bond donors (Lipinski definition) is 2. The molecular weight excluding hydrogens is 518 g/mol. The number of nitrogens with zero attached hydrogens (tertiary/aromatic N) is 5. The summed E-state index contributed by atoms with van der Waals surface area (Å²) in [5, 5.41) is 12.8. The molecule has 0 saturated carbocycles. The van der Waals surface area contributed by atoms with Gasteiger partial charge in [-0.15, -0.1) is 10.2 Å². The predicted molar refractivity (Wildman–Crippen MR) is 137 cm³/mol. The molecule has 0 atom stereocenters. The number of ether oxygens (including phenoxy) is 1. The Hall–Kier alpha value is -4.52. The molecule has 0 radical (unpaired) electrons. The number of urea groups is 1. The zero-order valence-electron chi connectivity index (χ0n) is 21.0. The fourth-order valence-electron chi connectivity index (χ4n) is 3.63. The molecule has 4 rings (SSSR count). The number of halogens is 4. The number of benzene rings is 2. The third-order valence-electron chi connectivity index (χ3n) is 5.45. The van der Waals surface area contributed by atoms with Gasteiger partial charge in [0.05, 0.1) is 5.56 Å².